The highest BCUT2D eigenvalue weighted by Crippen LogP contribution is 2.33. The van der Waals surface area contributed by atoms with E-state index in [4.69, 9.17) is 0 Å². The zero-order valence-corrected chi connectivity index (χ0v) is 10.7. The lowest BCUT2D eigenvalue weighted by Crippen LogP contribution is -2.51. The average Bonchev–Trinajstić information content (AvgIpc) is 2.71. The van der Waals surface area contributed by atoms with Crippen LogP contribution in [0.25, 0.3) is 0 Å². The minimum Gasteiger partial charge on any atom is -0.480 e. The number of nitrogens with zero attached hydrogens (tertiary/aromatic N) is 1. The monoisotopic (exact) mass is 242 g/mol. The van der Waals surface area contributed by atoms with Crippen molar-refractivity contribution >= 4 is 11.9 Å². The van der Waals surface area contributed by atoms with Crippen LogP contribution in [0.15, 0.2) is 0 Å². The summed E-state index contributed by atoms with van der Waals surface area (Å²) in [5.41, 5.74) is -0.733. The number of likely N-dealkylation sites (tertiary alicyclic amines) is 1. The summed E-state index contributed by atoms with van der Waals surface area (Å²) in [6.45, 7) is 3.31. The lowest BCUT2D eigenvalue weighted by molar-refractivity contribution is -0.150. The molecule has 0 aliphatic carbocycles. The fourth-order valence-electron chi connectivity index (χ4n) is 2.67. The van der Waals surface area contributed by atoms with Crippen LogP contribution < -0.4 is 5.32 Å². The van der Waals surface area contributed by atoms with Crippen LogP contribution in [0.1, 0.15) is 39.0 Å². The van der Waals surface area contributed by atoms with Crippen LogP contribution >= 0.6 is 0 Å². The molecule has 98 valence electrons. The molecule has 1 atom stereocenters. The van der Waals surface area contributed by atoms with E-state index in [1.54, 1.807) is 7.05 Å². The molecule has 0 bridgehead atoms. The van der Waals surface area contributed by atoms with Gasteiger partial charge in [0.1, 0.15) is 5.54 Å². The number of nitrogens with one attached hydrogen (secondary N) is 1. The summed E-state index contributed by atoms with van der Waals surface area (Å²) < 4.78 is 0. The Kier molecular flexibility index (Phi) is 4.93. The number of rotatable bonds is 6. The predicted octanol–water partition coefficient (Wildman–Crippen LogP) is 0.842. The summed E-state index contributed by atoms with van der Waals surface area (Å²) in [5, 5.41) is 12.0. The summed E-state index contributed by atoms with van der Waals surface area (Å²) >= 11 is 0. The third-order valence-electron chi connectivity index (χ3n) is 3.57. The molecule has 1 saturated heterocycles. The standard InChI is InChI=1S/C12H22N2O3/c1-3-6-12(11(16)17)7-4-8-14(12)9-5-10(15)13-2/h3-9H2,1-2H3,(H,13,15)(H,16,17). The van der Waals surface area contributed by atoms with Crippen LogP contribution in [0.3, 0.4) is 0 Å². The van der Waals surface area contributed by atoms with Gasteiger partial charge in [0, 0.05) is 20.0 Å². The van der Waals surface area contributed by atoms with E-state index in [-0.39, 0.29) is 5.91 Å². The molecule has 1 aliphatic rings. The molecule has 1 heterocycles. The highest BCUT2D eigenvalue weighted by Gasteiger charge is 2.46. The third-order valence-corrected chi connectivity index (χ3v) is 3.57. The van der Waals surface area contributed by atoms with E-state index in [2.05, 4.69) is 5.32 Å². The van der Waals surface area contributed by atoms with Crippen LogP contribution in [-0.2, 0) is 9.59 Å². The second-order valence-corrected chi connectivity index (χ2v) is 4.60. The zero-order chi connectivity index (χ0) is 12.9. The van der Waals surface area contributed by atoms with Gasteiger partial charge in [-0.15, -0.1) is 0 Å². The van der Waals surface area contributed by atoms with Gasteiger partial charge in [0.05, 0.1) is 0 Å². The largest absolute Gasteiger partial charge is 0.480 e. The van der Waals surface area contributed by atoms with Crippen LogP contribution in [0, 0.1) is 0 Å². The first-order valence-electron chi connectivity index (χ1n) is 6.26. The smallest absolute Gasteiger partial charge is 0.324 e. The number of carboxylic acid groups (broad SMARTS) is 1. The molecule has 1 rings (SSSR count). The summed E-state index contributed by atoms with van der Waals surface area (Å²) in [6.07, 6.45) is 3.48. The Bertz CT molecular complexity index is 293. The van der Waals surface area contributed by atoms with Crippen molar-refractivity contribution in [2.45, 2.75) is 44.6 Å². The molecular weight excluding hydrogens is 220 g/mol. The van der Waals surface area contributed by atoms with Gasteiger partial charge in [-0.3, -0.25) is 14.5 Å². The Balaban J connectivity index is 2.68. The van der Waals surface area contributed by atoms with Crippen molar-refractivity contribution in [3.63, 3.8) is 0 Å². The molecule has 5 heteroatoms. The minimum absolute atomic E-state index is 0.0345. The van der Waals surface area contributed by atoms with Crippen LogP contribution in [0.5, 0.6) is 0 Å². The maximum absolute atomic E-state index is 11.5. The van der Waals surface area contributed by atoms with Crippen LogP contribution in [-0.4, -0.2) is 47.6 Å². The Morgan fingerprint density at radius 2 is 2.18 bits per heavy atom. The quantitative estimate of drug-likeness (QED) is 0.724. The van der Waals surface area contributed by atoms with Crippen molar-refractivity contribution in [2.24, 2.45) is 0 Å². The van der Waals surface area contributed by atoms with E-state index >= 15 is 0 Å². The molecule has 0 aromatic rings. The number of amides is 1. The van der Waals surface area contributed by atoms with Gasteiger partial charge in [0.2, 0.25) is 5.91 Å². The first-order valence-corrected chi connectivity index (χ1v) is 6.26. The van der Waals surface area contributed by atoms with Crippen LogP contribution in [0.2, 0.25) is 0 Å². The van der Waals surface area contributed by atoms with Crippen molar-refractivity contribution in [1.82, 2.24) is 10.2 Å². The highest BCUT2D eigenvalue weighted by atomic mass is 16.4. The second-order valence-electron chi connectivity index (χ2n) is 4.60. The first-order chi connectivity index (χ1) is 8.06. The Morgan fingerprint density at radius 1 is 1.47 bits per heavy atom. The molecule has 1 aliphatic heterocycles. The molecule has 0 saturated carbocycles. The number of hydrogen-bond donors (Lipinski definition) is 2. The number of carbonyl (C=O) groups is 2. The predicted molar refractivity (Wildman–Crippen MR) is 64.8 cm³/mol. The number of carbonyl (C=O) groups excluding carboxylic acids is 1. The maximum Gasteiger partial charge on any atom is 0.324 e. The molecule has 1 amide bonds. The van der Waals surface area contributed by atoms with Gasteiger partial charge in [-0.25, -0.2) is 0 Å². The fraction of sp³-hybridized carbons (Fsp3) is 0.833. The topological polar surface area (TPSA) is 69.6 Å². The molecule has 0 aromatic carbocycles. The number of aliphatic carboxylic acids is 1. The first kappa shape index (κ1) is 14.0. The highest BCUT2D eigenvalue weighted by molar-refractivity contribution is 5.79. The molecule has 5 nitrogen and oxygen atoms in total. The second kappa shape index (κ2) is 6.00. The molecular formula is C12H22N2O3. The van der Waals surface area contributed by atoms with E-state index in [0.717, 1.165) is 19.4 Å². The molecule has 0 aromatic heterocycles. The summed E-state index contributed by atoms with van der Waals surface area (Å²) in [7, 11) is 1.60. The van der Waals surface area contributed by atoms with Gasteiger partial charge in [-0.05, 0) is 25.8 Å². The zero-order valence-electron chi connectivity index (χ0n) is 10.7. The maximum atomic E-state index is 11.5. The average molecular weight is 242 g/mol. The Hall–Kier alpha value is -1.10. The normalized spacial score (nSPS) is 24.8. The molecule has 1 unspecified atom stereocenters. The SMILES string of the molecule is CCCC1(C(=O)O)CCCN1CCC(=O)NC. The van der Waals surface area contributed by atoms with E-state index in [1.807, 2.05) is 11.8 Å². The van der Waals surface area contributed by atoms with E-state index in [1.165, 1.54) is 0 Å². The van der Waals surface area contributed by atoms with Gasteiger partial charge >= 0.3 is 5.97 Å². The third kappa shape index (κ3) is 2.97. The molecule has 17 heavy (non-hydrogen) atoms. The van der Waals surface area contributed by atoms with Crippen molar-refractivity contribution in [3.05, 3.63) is 0 Å². The van der Waals surface area contributed by atoms with Crippen molar-refractivity contribution in [2.75, 3.05) is 20.1 Å². The van der Waals surface area contributed by atoms with Gasteiger partial charge in [0.15, 0.2) is 0 Å². The van der Waals surface area contributed by atoms with Crippen molar-refractivity contribution < 1.29 is 14.7 Å². The van der Waals surface area contributed by atoms with Crippen LogP contribution in [0.4, 0.5) is 0 Å². The van der Waals surface area contributed by atoms with Crippen molar-refractivity contribution in [1.29, 1.82) is 0 Å². The van der Waals surface area contributed by atoms with E-state index < -0.39 is 11.5 Å². The van der Waals surface area contributed by atoms with Gasteiger partial charge in [0.25, 0.3) is 0 Å². The lowest BCUT2D eigenvalue weighted by Gasteiger charge is -2.34. The lowest BCUT2D eigenvalue weighted by atomic mass is 9.90. The molecule has 0 spiro atoms. The minimum atomic E-state index is -0.742. The van der Waals surface area contributed by atoms with E-state index in [9.17, 15) is 14.7 Å². The summed E-state index contributed by atoms with van der Waals surface area (Å²) in [5.74, 6) is -0.776. The molecule has 1 fully saturated rings. The van der Waals surface area contributed by atoms with Crippen molar-refractivity contribution in [3.8, 4) is 0 Å². The van der Waals surface area contributed by atoms with E-state index in [0.29, 0.717) is 25.8 Å². The number of carboxylic acids is 1. The fourth-order valence-corrected chi connectivity index (χ4v) is 2.67. The summed E-state index contributed by atoms with van der Waals surface area (Å²) in [6, 6.07) is 0. The Labute approximate surface area is 102 Å². The summed E-state index contributed by atoms with van der Waals surface area (Å²) in [4.78, 5) is 24.7. The number of hydrogen-bond acceptors (Lipinski definition) is 3. The Morgan fingerprint density at radius 3 is 2.71 bits per heavy atom. The van der Waals surface area contributed by atoms with Gasteiger partial charge in [-0.2, -0.15) is 0 Å². The molecule has 2 N–H and O–H groups in total. The molecule has 0 radical (unpaired) electrons. The van der Waals surface area contributed by atoms with Gasteiger partial charge in [-0.1, -0.05) is 13.3 Å². The van der Waals surface area contributed by atoms with Gasteiger partial charge < -0.3 is 10.4 Å².